The molecule has 1 amide bonds. The van der Waals surface area contributed by atoms with Gasteiger partial charge in [0.05, 0.1) is 4.90 Å². The average Bonchev–Trinajstić information content (AvgIpc) is 2.93. The maximum atomic E-state index is 12.7. The highest BCUT2D eigenvalue weighted by Crippen LogP contribution is 2.32. The quantitative estimate of drug-likeness (QED) is 0.852. The molecule has 0 bridgehead atoms. The first-order chi connectivity index (χ1) is 10.8. The van der Waals surface area contributed by atoms with Gasteiger partial charge >= 0.3 is 0 Å². The molecule has 5 nitrogen and oxygen atoms in total. The molecule has 0 radical (unpaired) electrons. The number of anilines is 1. The van der Waals surface area contributed by atoms with E-state index in [1.54, 1.807) is 33.5 Å². The minimum atomic E-state index is -3.44. The van der Waals surface area contributed by atoms with Crippen LogP contribution in [0.15, 0.2) is 29.2 Å². The topological polar surface area (TPSA) is 57.7 Å². The van der Waals surface area contributed by atoms with Crippen LogP contribution in [-0.2, 0) is 14.8 Å². The summed E-state index contributed by atoms with van der Waals surface area (Å²) in [5.74, 6) is 0.110. The van der Waals surface area contributed by atoms with Gasteiger partial charge in [0.2, 0.25) is 15.9 Å². The van der Waals surface area contributed by atoms with Crippen molar-refractivity contribution in [1.29, 1.82) is 0 Å². The minimum Gasteiger partial charge on any atom is -0.312 e. The van der Waals surface area contributed by atoms with Gasteiger partial charge in [-0.05, 0) is 48.9 Å². The highest BCUT2D eigenvalue weighted by Gasteiger charge is 2.32. The normalized spacial score (nSPS) is 22.5. The molecule has 0 spiro atoms. The van der Waals surface area contributed by atoms with Crippen LogP contribution in [0, 0.1) is 5.41 Å². The minimum absolute atomic E-state index is 0.110. The van der Waals surface area contributed by atoms with Crippen LogP contribution in [0.1, 0.15) is 39.5 Å². The van der Waals surface area contributed by atoms with Crippen molar-refractivity contribution >= 4 is 21.6 Å². The molecule has 1 aromatic carbocycles. The molecule has 0 aromatic heterocycles. The highest BCUT2D eigenvalue weighted by molar-refractivity contribution is 7.89. The summed E-state index contributed by atoms with van der Waals surface area (Å²) >= 11 is 0. The van der Waals surface area contributed by atoms with E-state index >= 15 is 0 Å². The van der Waals surface area contributed by atoms with Crippen molar-refractivity contribution in [2.24, 2.45) is 5.41 Å². The van der Waals surface area contributed by atoms with Crippen LogP contribution in [0.4, 0.5) is 5.69 Å². The fourth-order valence-electron chi connectivity index (χ4n) is 3.20. The number of nitrogens with zero attached hydrogens (tertiary/aromatic N) is 2. The number of hydrogen-bond donors (Lipinski definition) is 0. The first-order valence-corrected chi connectivity index (χ1v) is 9.64. The Bertz CT molecular complexity index is 685. The Morgan fingerprint density at radius 2 is 1.61 bits per heavy atom. The number of amides is 1. The summed E-state index contributed by atoms with van der Waals surface area (Å²) in [6.07, 6.45) is 3.20. The summed E-state index contributed by atoms with van der Waals surface area (Å²) in [6, 6.07) is 6.72. The predicted octanol–water partition coefficient (Wildman–Crippen LogP) is 2.62. The molecule has 2 aliphatic heterocycles. The van der Waals surface area contributed by atoms with Gasteiger partial charge in [0.15, 0.2) is 0 Å². The molecule has 0 saturated carbocycles. The van der Waals surface area contributed by atoms with Crippen LogP contribution >= 0.6 is 0 Å². The third-order valence-electron chi connectivity index (χ3n) is 4.94. The Hall–Kier alpha value is -1.40. The van der Waals surface area contributed by atoms with Crippen LogP contribution in [0.2, 0.25) is 0 Å². The van der Waals surface area contributed by atoms with Crippen LogP contribution < -0.4 is 4.90 Å². The molecule has 0 aliphatic carbocycles. The van der Waals surface area contributed by atoms with Gasteiger partial charge in [0.25, 0.3) is 0 Å². The van der Waals surface area contributed by atoms with Gasteiger partial charge in [-0.25, -0.2) is 8.42 Å². The van der Waals surface area contributed by atoms with Gasteiger partial charge in [-0.1, -0.05) is 13.8 Å². The Morgan fingerprint density at radius 3 is 2.13 bits per heavy atom. The number of rotatable bonds is 3. The van der Waals surface area contributed by atoms with Crippen molar-refractivity contribution in [3.05, 3.63) is 24.3 Å². The predicted molar refractivity (Wildman–Crippen MR) is 89.8 cm³/mol. The second-order valence-electron chi connectivity index (χ2n) is 7.21. The molecule has 2 saturated heterocycles. The number of carbonyl (C=O) groups excluding carboxylic acids is 1. The zero-order valence-corrected chi connectivity index (χ0v) is 14.6. The molecule has 2 heterocycles. The standard InChI is InChI=1S/C17H24N2O3S/c1-17(2)9-12-18(13-10-17)23(21,22)15-7-5-14(6-8-15)19-11-3-4-16(19)20/h5-8H,3-4,9-13H2,1-2H3. The smallest absolute Gasteiger partial charge is 0.243 e. The summed E-state index contributed by atoms with van der Waals surface area (Å²) < 4.78 is 27.1. The second-order valence-corrected chi connectivity index (χ2v) is 9.15. The van der Waals surface area contributed by atoms with E-state index in [9.17, 15) is 13.2 Å². The highest BCUT2D eigenvalue weighted by atomic mass is 32.2. The monoisotopic (exact) mass is 336 g/mol. The lowest BCUT2D eigenvalue weighted by Gasteiger charge is -2.36. The lowest BCUT2D eigenvalue weighted by molar-refractivity contribution is -0.117. The molecule has 0 unspecified atom stereocenters. The first-order valence-electron chi connectivity index (χ1n) is 8.20. The Kier molecular flexibility index (Phi) is 4.23. The van der Waals surface area contributed by atoms with E-state index in [1.165, 1.54) is 0 Å². The van der Waals surface area contributed by atoms with Crippen molar-refractivity contribution in [2.75, 3.05) is 24.5 Å². The molecule has 2 aliphatic rings. The maximum absolute atomic E-state index is 12.7. The van der Waals surface area contributed by atoms with E-state index in [-0.39, 0.29) is 11.3 Å². The van der Waals surface area contributed by atoms with Gasteiger partial charge in [-0.15, -0.1) is 0 Å². The zero-order valence-electron chi connectivity index (χ0n) is 13.8. The number of piperidine rings is 1. The molecule has 23 heavy (non-hydrogen) atoms. The van der Waals surface area contributed by atoms with Crippen molar-refractivity contribution < 1.29 is 13.2 Å². The SMILES string of the molecule is CC1(C)CCN(S(=O)(=O)c2ccc(N3CCCC3=O)cc2)CC1. The largest absolute Gasteiger partial charge is 0.312 e. The molecular weight excluding hydrogens is 312 g/mol. The number of sulfonamides is 1. The molecule has 3 rings (SSSR count). The third kappa shape index (κ3) is 3.28. The number of hydrogen-bond acceptors (Lipinski definition) is 3. The summed E-state index contributed by atoms with van der Waals surface area (Å²) in [5.41, 5.74) is 0.998. The van der Waals surface area contributed by atoms with E-state index in [0.29, 0.717) is 31.0 Å². The van der Waals surface area contributed by atoms with Gasteiger partial charge < -0.3 is 4.90 Å². The van der Waals surface area contributed by atoms with Crippen molar-refractivity contribution in [3.63, 3.8) is 0 Å². The Morgan fingerprint density at radius 1 is 1.00 bits per heavy atom. The van der Waals surface area contributed by atoms with E-state index in [2.05, 4.69) is 13.8 Å². The van der Waals surface area contributed by atoms with Gasteiger partial charge in [-0.3, -0.25) is 4.79 Å². The van der Waals surface area contributed by atoms with Gasteiger partial charge in [0, 0.05) is 31.7 Å². The molecule has 0 atom stereocenters. The van der Waals surface area contributed by atoms with Crippen molar-refractivity contribution in [2.45, 2.75) is 44.4 Å². The van der Waals surface area contributed by atoms with Gasteiger partial charge in [-0.2, -0.15) is 4.31 Å². The molecule has 6 heteroatoms. The van der Waals surface area contributed by atoms with E-state index in [1.807, 2.05) is 0 Å². The average molecular weight is 336 g/mol. The second kappa shape index (κ2) is 5.91. The Balaban J connectivity index is 1.77. The molecule has 2 fully saturated rings. The maximum Gasteiger partial charge on any atom is 0.243 e. The van der Waals surface area contributed by atoms with Gasteiger partial charge in [0.1, 0.15) is 0 Å². The third-order valence-corrected chi connectivity index (χ3v) is 6.85. The lowest BCUT2D eigenvalue weighted by atomic mass is 9.83. The molecule has 1 aromatic rings. The summed E-state index contributed by atoms with van der Waals surface area (Å²) in [6.45, 7) is 6.22. The van der Waals surface area contributed by atoms with Crippen LogP contribution in [-0.4, -0.2) is 38.3 Å². The molecular formula is C17H24N2O3S. The van der Waals surface area contributed by atoms with E-state index in [4.69, 9.17) is 0 Å². The van der Waals surface area contributed by atoms with Crippen molar-refractivity contribution in [1.82, 2.24) is 4.31 Å². The van der Waals surface area contributed by atoms with Crippen LogP contribution in [0.25, 0.3) is 0 Å². The van der Waals surface area contributed by atoms with Crippen LogP contribution in [0.5, 0.6) is 0 Å². The Labute approximate surface area is 138 Å². The summed E-state index contributed by atoms with van der Waals surface area (Å²) in [7, 11) is -3.44. The number of carbonyl (C=O) groups is 1. The number of benzene rings is 1. The van der Waals surface area contributed by atoms with E-state index < -0.39 is 10.0 Å². The zero-order chi connectivity index (χ0) is 16.7. The fraction of sp³-hybridized carbons (Fsp3) is 0.588. The van der Waals surface area contributed by atoms with Crippen molar-refractivity contribution in [3.8, 4) is 0 Å². The summed E-state index contributed by atoms with van der Waals surface area (Å²) in [5, 5.41) is 0. The van der Waals surface area contributed by atoms with E-state index in [0.717, 1.165) is 24.9 Å². The summed E-state index contributed by atoms with van der Waals surface area (Å²) in [4.78, 5) is 13.8. The lowest BCUT2D eigenvalue weighted by Crippen LogP contribution is -2.41. The van der Waals surface area contributed by atoms with Crippen LogP contribution in [0.3, 0.4) is 0 Å². The fourth-order valence-corrected chi connectivity index (χ4v) is 4.64. The molecule has 0 N–H and O–H groups in total. The molecule has 126 valence electrons. The first kappa shape index (κ1) is 16.5.